The van der Waals surface area contributed by atoms with Gasteiger partial charge in [-0.25, -0.2) is 13.2 Å². The average molecular weight is 338 g/mol. The summed E-state index contributed by atoms with van der Waals surface area (Å²) in [6, 6.07) is 3.18. The molecule has 0 N–H and O–H groups in total. The molecule has 0 radical (unpaired) electrons. The Balaban J connectivity index is 1.71. The molecule has 1 aromatic carbocycles. The Morgan fingerprint density at radius 3 is 2.50 bits per heavy atom. The lowest BCUT2D eigenvalue weighted by Crippen LogP contribution is -2.12. The third-order valence-electron chi connectivity index (χ3n) is 5.28. The van der Waals surface area contributed by atoms with Crippen molar-refractivity contribution in [3.8, 4) is 0 Å². The maximum absolute atomic E-state index is 14.4. The summed E-state index contributed by atoms with van der Waals surface area (Å²) in [5.41, 5.74) is 0.0593. The Hall–Kier alpha value is -1.29. The van der Waals surface area contributed by atoms with Crippen LogP contribution in [0, 0.1) is 17.7 Å². The summed E-state index contributed by atoms with van der Waals surface area (Å²) in [6.45, 7) is 2.62. The fourth-order valence-electron chi connectivity index (χ4n) is 3.79. The predicted octanol–water partition coefficient (Wildman–Crippen LogP) is 6.45. The molecule has 1 atom stereocenters. The molecule has 1 aromatic rings. The van der Waals surface area contributed by atoms with E-state index in [4.69, 9.17) is 4.74 Å². The van der Waals surface area contributed by atoms with Crippen LogP contribution in [0.4, 0.5) is 13.2 Å². The van der Waals surface area contributed by atoms with Crippen LogP contribution in [0.15, 0.2) is 18.2 Å². The second kappa shape index (κ2) is 7.73. The summed E-state index contributed by atoms with van der Waals surface area (Å²) < 4.78 is 46.1. The van der Waals surface area contributed by atoms with Crippen LogP contribution in [0.3, 0.4) is 0 Å². The van der Waals surface area contributed by atoms with Crippen LogP contribution in [0.1, 0.15) is 74.7 Å². The van der Waals surface area contributed by atoms with Crippen molar-refractivity contribution in [1.82, 2.24) is 0 Å². The number of allylic oxidation sites excluding steroid dienone is 1. The number of benzene rings is 1. The molecular weight excluding hydrogens is 313 g/mol. The van der Waals surface area contributed by atoms with E-state index in [9.17, 15) is 13.2 Å². The lowest BCUT2D eigenvalue weighted by atomic mass is 9.80. The summed E-state index contributed by atoms with van der Waals surface area (Å²) in [5.74, 6) is 0.422. The smallest absolute Gasteiger partial charge is 0.267 e. The van der Waals surface area contributed by atoms with E-state index in [0.717, 1.165) is 18.8 Å². The van der Waals surface area contributed by atoms with Gasteiger partial charge < -0.3 is 4.74 Å². The molecule has 1 nitrogen and oxygen atoms in total. The number of ether oxygens (including phenoxy) is 1. The van der Waals surface area contributed by atoms with Gasteiger partial charge in [-0.2, -0.15) is 0 Å². The van der Waals surface area contributed by atoms with Crippen molar-refractivity contribution in [3.05, 3.63) is 40.7 Å². The van der Waals surface area contributed by atoms with Crippen molar-refractivity contribution < 1.29 is 17.9 Å². The Morgan fingerprint density at radius 1 is 1.21 bits per heavy atom. The van der Waals surface area contributed by atoms with Crippen LogP contribution >= 0.6 is 0 Å². The highest BCUT2D eigenvalue weighted by molar-refractivity contribution is 5.56. The van der Waals surface area contributed by atoms with E-state index in [1.165, 1.54) is 25.7 Å². The predicted molar refractivity (Wildman–Crippen MR) is 89.4 cm³/mol. The van der Waals surface area contributed by atoms with Gasteiger partial charge in [0.25, 0.3) is 6.43 Å². The lowest BCUT2D eigenvalue weighted by Gasteiger charge is -2.26. The molecule has 4 heteroatoms. The van der Waals surface area contributed by atoms with Gasteiger partial charge in [-0.3, -0.25) is 0 Å². The van der Waals surface area contributed by atoms with Crippen molar-refractivity contribution in [1.29, 1.82) is 0 Å². The maximum atomic E-state index is 14.4. The van der Waals surface area contributed by atoms with Gasteiger partial charge in [0.05, 0.1) is 12.2 Å². The van der Waals surface area contributed by atoms with E-state index in [-0.39, 0.29) is 11.7 Å². The second-order valence-corrected chi connectivity index (χ2v) is 7.02. The molecule has 2 aliphatic rings. The van der Waals surface area contributed by atoms with Gasteiger partial charge in [0, 0.05) is 5.56 Å². The van der Waals surface area contributed by atoms with Gasteiger partial charge in [0.2, 0.25) is 0 Å². The van der Waals surface area contributed by atoms with Crippen molar-refractivity contribution in [2.45, 2.75) is 58.0 Å². The van der Waals surface area contributed by atoms with E-state index in [2.05, 4.69) is 6.92 Å². The zero-order chi connectivity index (χ0) is 17.1. The van der Waals surface area contributed by atoms with E-state index in [0.29, 0.717) is 18.1 Å². The SMILES string of the molecule is CCCC1CCC(/C=C/c2ccc(C3CO3)c(F)c2C(F)F)CC1. The molecule has 1 saturated heterocycles. The van der Waals surface area contributed by atoms with Crippen LogP contribution in [-0.2, 0) is 4.74 Å². The number of hydrogen-bond donors (Lipinski definition) is 0. The third kappa shape index (κ3) is 4.02. The summed E-state index contributed by atoms with van der Waals surface area (Å²) in [7, 11) is 0. The van der Waals surface area contributed by atoms with E-state index in [1.807, 2.05) is 6.08 Å². The highest BCUT2D eigenvalue weighted by Gasteiger charge is 2.31. The number of hydrogen-bond acceptors (Lipinski definition) is 1. The number of rotatable bonds is 6. The summed E-state index contributed by atoms with van der Waals surface area (Å²) in [4.78, 5) is 0. The molecule has 24 heavy (non-hydrogen) atoms. The lowest BCUT2D eigenvalue weighted by molar-refractivity contribution is 0.145. The molecule has 0 spiro atoms. The van der Waals surface area contributed by atoms with E-state index >= 15 is 0 Å². The molecule has 1 aliphatic carbocycles. The number of halogens is 3. The third-order valence-corrected chi connectivity index (χ3v) is 5.28. The fraction of sp³-hybridized carbons (Fsp3) is 0.600. The minimum Gasteiger partial charge on any atom is -0.368 e. The van der Waals surface area contributed by atoms with Crippen LogP contribution in [0.2, 0.25) is 0 Å². The quantitative estimate of drug-likeness (QED) is 0.543. The monoisotopic (exact) mass is 338 g/mol. The number of epoxide rings is 1. The molecule has 1 unspecified atom stereocenters. The molecular formula is C20H25F3O. The van der Waals surface area contributed by atoms with Gasteiger partial charge in [-0.05, 0) is 43.1 Å². The first-order chi connectivity index (χ1) is 11.6. The van der Waals surface area contributed by atoms with Gasteiger partial charge in [-0.15, -0.1) is 0 Å². The van der Waals surface area contributed by atoms with Gasteiger partial charge in [0.1, 0.15) is 11.9 Å². The first-order valence-corrected chi connectivity index (χ1v) is 9.00. The molecule has 3 rings (SSSR count). The molecule has 132 valence electrons. The van der Waals surface area contributed by atoms with E-state index in [1.54, 1.807) is 18.2 Å². The zero-order valence-corrected chi connectivity index (χ0v) is 14.1. The summed E-state index contributed by atoms with van der Waals surface area (Å²) >= 11 is 0. The molecule has 1 saturated carbocycles. The van der Waals surface area contributed by atoms with Crippen molar-refractivity contribution >= 4 is 6.08 Å². The first-order valence-electron chi connectivity index (χ1n) is 9.00. The van der Waals surface area contributed by atoms with Gasteiger partial charge >= 0.3 is 0 Å². The highest BCUT2D eigenvalue weighted by atomic mass is 19.3. The highest BCUT2D eigenvalue weighted by Crippen LogP contribution is 2.38. The maximum Gasteiger partial charge on any atom is 0.267 e. The Morgan fingerprint density at radius 2 is 1.92 bits per heavy atom. The van der Waals surface area contributed by atoms with Crippen LogP contribution < -0.4 is 0 Å². The molecule has 0 bridgehead atoms. The largest absolute Gasteiger partial charge is 0.368 e. The molecule has 1 heterocycles. The van der Waals surface area contributed by atoms with E-state index < -0.39 is 17.8 Å². The number of alkyl halides is 2. The van der Waals surface area contributed by atoms with Crippen molar-refractivity contribution in [2.24, 2.45) is 11.8 Å². The van der Waals surface area contributed by atoms with Crippen molar-refractivity contribution in [2.75, 3.05) is 6.61 Å². The Bertz CT molecular complexity index is 585. The first kappa shape index (κ1) is 17.5. The molecule has 1 aliphatic heterocycles. The van der Waals surface area contributed by atoms with Crippen LogP contribution in [-0.4, -0.2) is 6.61 Å². The molecule has 0 amide bonds. The molecule has 0 aromatic heterocycles. The molecule has 2 fully saturated rings. The topological polar surface area (TPSA) is 12.5 Å². The Labute approximate surface area is 141 Å². The zero-order valence-electron chi connectivity index (χ0n) is 14.1. The summed E-state index contributed by atoms with van der Waals surface area (Å²) in [6.07, 6.45) is 7.62. The second-order valence-electron chi connectivity index (χ2n) is 7.02. The van der Waals surface area contributed by atoms with Crippen LogP contribution in [0.5, 0.6) is 0 Å². The minimum atomic E-state index is -2.82. The van der Waals surface area contributed by atoms with Gasteiger partial charge in [0.15, 0.2) is 0 Å². The Kier molecular flexibility index (Phi) is 5.65. The minimum absolute atomic E-state index is 0.252. The van der Waals surface area contributed by atoms with Crippen LogP contribution in [0.25, 0.3) is 6.08 Å². The normalized spacial score (nSPS) is 27.1. The fourth-order valence-corrected chi connectivity index (χ4v) is 3.79. The standard InChI is InChI=1S/C20H25F3O/c1-2-3-13-4-6-14(7-5-13)8-9-15-10-11-16(17-12-24-17)19(21)18(15)20(22)23/h8-11,13-14,17,20H,2-7,12H2,1H3/b9-8+. The van der Waals surface area contributed by atoms with Gasteiger partial charge in [-0.1, -0.05) is 44.1 Å². The van der Waals surface area contributed by atoms with Crippen molar-refractivity contribution in [3.63, 3.8) is 0 Å². The summed E-state index contributed by atoms with van der Waals surface area (Å²) in [5, 5.41) is 0. The average Bonchev–Trinajstić information content (AvgIpc) is 3.39.